The van der Waals surface area contributed by atoms with Crippen LogP contribution in [0.5, 0.6) is 0 Å². The minimum atomic E-state index is -0.251. The van der Waals surface area contributed by atoms with E-state index in [4.69, 9.17) is 0 Å². The van der Waals surface area contributed by atoms with Gasteiger partial charge in [-0.3, -0.25) is 0 Å². The van der Waals surface area contributed by atoms with Gasteiger partial charge < -0.3 is 5.11 Å². The molecule has 1 aromatic carbocycles. The van der Waals surface area contributed by atoms with E-state index < -0.39 is 0 Å². The molecule has 1 aliphatic carbocycles. The summed E-state index contributed by atoms with van der Waals surface area (Å²) in [5.41, 5.74) is 0.738. The highest BCUT2D eigenvalue weighted by Crippen LogP contribution is 2.45. The second-order valence-electron chi connectivity index (χ2n) is 4.15. The van der Waals surface area contributed by atoms with Crippen molar-refractivity contribution in [2.75, 3.05) is 0 Å². The number of rotatable bonds is 2. The summed E-state index contributed by atoms with van der Waals surface area (Å²) in [6.07, 6.45) is 1.34. The quantitative estimate of drug-likeness (QED) is 0.874. The number of aliphatic hydroxyl groups is 1. The Kier molecular flexibility index (Phi) is 3.12. The molecule has 82 valence electrons. The van der Waals surface area contributed by atoms with Crippen molar-refractivity contribution in [1.82, 2.24) is 0 Å². The Balaban J connectivity index is 2.26. The molecule has 0 spiro atoms. The Bertz CT molecular complexity index is 367. The summed E-state index contributed by atoms with van der Waals surface area (Å²) in [6.45, 7) is 2.04. The zero-order valence-electron chi connectivity index (χ0n) is 8.58. The molecule has 1 N–H and O–H groups in total. The summed E-state index contributed by atoms with van der Waals surface area (Å²) >= 11 is 3.35. The van der Waals surface area contributed by atoms with Crippen LogP contribution >= 0.6 is 15.9 Å². The van der Waals surface area contributed by atoms with Crippen molar-refractivity contribution >= 4 is 15.9 Å². The first-order chi connectivity index (χ1) is 7.13. The van der Waals surface area contributed by atoms with E-state index in [9.17, 15) is 9.50 Å². The molecule has 1 nitrogen and oxygen atoms in total. The summed E-state index contributed by atoms with van der Waals surface area (Å²) in [4.78, 5) is 0. The van der Waals surface area contributed by atoms with Crippen molar-refractivity contribution in [1.29, 1.82) is 0 Å². The fourth-order valence-electron chi connectivity index (χ4n) is 2.40. The van der Waals surface area contributed by atoms with Crippen LogP contribution in [0.15, 0.2) is 22.7 Å². The first-order valence-electron chi connectivity index (χ1n) is 5.26. The van der Waals surface area contributed by atoms with Gasteiger partial charge in [0.2, 0.25) is 0 Å². The van der Waals surface area contributed by atoms with E-state index in [-0.39, 0.29) is 23.8 Å². The molecule has 1 fully saturated rings. The molecule has 0 bridgehead atoms. The van der Waals surface area contributed by atoms with Gasteiger partial charge in [-0.2, -0.15) is 0 Å². The number of hydrogen-bond donors (Lipinski definition) is 1. The Hall–Kier alpha value is -0.410. The third-order valence-corrected chi connectivity index (χ3v) is 3.83. The minimum Gasteiger partial charge on any atom is -0.393 e. The second-order valence-corrected chi connectivity index (χ2v) is 5.06. The van der Waals surface area contributed by atoms with Gasteiger partial charge in [-0.25, -0.2) is 4.39 Å². The largest absolute Gasteiger partial charge is 0.393 e. The Labute approximate surface area is 97.4 Å². The Morgan fingerprint density at radius 1 is 1.53 bits per heavy atom. The van der Waals surface area contributed by atoms with E-state index in [1.54, 1.807) is 6.07 Å². The van der Waals surface area contributed by atoms with Crippen LogP contribution in [0.25, 0.3) is 0 Å². The van der Waals surface area contributed by atoms with Crippen LogP contribution in [0, 0.1) is 11.7 Å². The van der Waals surface area contributed by atoms with Gasteiger partial charge in [-0.1, -0.05) is 29.3 Å². The summed E-state index contributed by atoms with van der Waals surface area (Å²) in [5, 5.41) is 9.57. The van der Waals surface area contributed by atoms with Gasteiger partial charge in [0.1, 0.15) is 5.82 Å². The summed E-state index contributed by atoms with van der Waals surface area (Å²) < 4.78 is 14.5. The maximum Gasteiger partial charge on any atom is 0.126 e. The van der Waals surface area contributed by atoms with Crippen LogP contribution in [0.2, 0.25) is 0 Å². The number of hydrogen-bond acceptors (Lipinski definition) is 1. The van der Waals surface area contributed by atoms with Crippen LogP contribution < -0.4 is 0 Å². The van der Waals surface area contributed by atoms with Crippen molar-refractivity contribution in [3.8, 4) is 0 Å². The van der Waals surface area contributed by atoms with Crippen LogP contribution in [-0.2, 0) is 0 Å². The van der Waals surface area contributed by atoms with Gasteiger partial charge in [-0.05, 0) is 42.0 Å². The minimum absolute atomic E-state index is 0.159. The summed E-state index contributed by atoms with van der Waals surface area (Å²) in [7, 11) is 0. The number of halogens is 2. The second kappa shape index (κ2) is 4.22. The highest BCUT2D eigenvalue weighted by Gasteiger charge is 2.40. The van der Waals surface area contributed by atoms with Crippen LogP contribution in [0.3, 0.4) is 0 Å². The van der Waals surface area contributed by atoms with Crippen LogP contribution in [-0.4, -0.2) is 11.2 Å². The molecule has 1 aromatic rings. The summed E-state index contributed by atoms with van der Waals surface area (Å²) in [6, 6.07) is 5.01. The molecule has 15 heavy (non-hydrogen) atoms. The zero-order valence-corrected chi connectivity index (χ0v) is 10.2. The molecular formula is C12H14BrFO. The van der Waals surface area contributed by atoms with Crippen molar-refractivity contribution < 1.29 is 9.50 Å². The lowest BCUT2D eigenvalue weighted by molar-refractivity contribution is -0.00184. The van der Waals surface area contributed by atoms with E-state index in [1.165, 1.54) is 6.07 Å². The third kappa shape index (κ3) is 1.95. The predicted molar refractivity (Wildman–Crippen MR) is 61.2 cm³/mol. The first kappa shape index (κ1) is 11.1. The molecule has 2 rings (SSSR count). The van der Waals surface area contributed by atoms with Gasteiger partial charge in [-0.15, -0.1) is 0 Å². The van der Waals surface area contributed by atoms with Crippen molar-refractivity contribution in [2.45, 2.75) is 31.8 Å². The molecule has 1 saturated carbocycles. The van der Waals surface area contributed by atoms with E-state index in [1.807, 2.05) is 13.0 Å². The van der Waals surface area contributed by atoms with Gasteiger partial charge in [0, 0.05) is 4.47 Å². The van der Waals surface area contributed by atoms with Gasteiger partial charge >= 0.3 is 0 Å². The highest BCUT2D eigenvalue weighted by atomic mass is 79.9. The molecule has 3 heteroatoms. The smallest absolute Gasteiger partial charge is 0.126 e. The molecule has 0 aromatic heterocycles. The van der Waals surface area contributed by atoms with E-state index in [0.717, 1.165) is 16.5 Å². The van der Waals surface area contributed by atoms with Crippen molar-refractivity contribution in [2.24, 2.45) is 5.92 Å². The Morgan fingerprint density at radius 3 is 2.87 bits per heavy atom. The van der Waals surface area contributed by atoms with E-state index in [0.29, 0.717) is 6.42 Å². The fraction of sp³-hybridized carbons (Fsp3) is 0.500. The van der Waals surface area contributed by atoms with Crippen molar-refractivity contribution in [3.05, 3.63) is 34.1 Å². The van der Waals surface area contributed by atoms with Gasteiger partial charge in [0.25, 0.3) is 0 Å². The van der Waals surface area contributed by atoms with E-state index in [2.05, 4.69) is 15.9 Å². The molecule has 1 aliphatic rings. The molecule has 0 radical (unpaired) electrons. The lowest BCUT2D eigenvalue weighted by atomic mass is 9.66. The average Bonchev–Trinajstić information content (AvgIpc) is 2.19. The number of benzene rings is 1. The molecular weight excluding hydrogens is 259 g/mol. The normalized spacial score (nSPS) is 30.0. The van der Waals surface area contributed by atoms with Gasteiger partial charge in [0.05, 0.1) is 6.10 Å². The molecule has 3 unspecified atom stereocenters. The molecule has 0 amide bonds. The molecule has 3 atom stereocenters. The standard InChI is InChI=1S/C12H14BrFO/c1-2-8-9(6-12(8)15)10-5-7(13)3-4-11(10)14/h3-5,8-9,12,15H,2,6H2,1H3. The number of aliphatic hydroxyl groups excluding tert-OH is 1. The first-order valence-corrected chi connectivity index (χ1v) is 6.05. The highest BCUT2D eigenvalue weighted by molar-refractivity contribution is 9.10. The molecule has 0 aliphatic heterocycles. The lowest BCUT2D eigenvalue weighted by Crippen LogP contribution is -2.39. The molecule has 0 saturated heterocycles. The zero-order chi connectivity index (χ0) is 11.0. The van der Waals surface area contributed by atoms with E-state index >= 15 is 0 Å². The fourth-order valence-corrected chi connectivity index (χ4v) is 2.77. The SMILES string of the molecule is CCC1C(O)CC1c1cc(Br)ccc1F. The van der Waals surface area contributed by atoms with Crippen molar-refractivity contribution in [3.63, 3.8) is 0 Å². The average molecular weight is 273 g/mol. The molecule has 0 heterocycles. The van der Waals surface area contributed by atoms with Crippen LogP contribution in [0.1, 0.15) is 31.2 Å². The summed E-state index contributed by atoms with van der Waals surface area (Å²) in [5.74, 6) is 0.241. The predicted octanol–water partition coefficient (Wildman–Crippen LogP) is 3.46. The maximum absolute atomic E-state index is 13.6. The Morgan fingerprint density at radius 2 is 2.27 bits per heavy atom. The third-order valence-electron chi connectivity index (χ3n) is 3.34. The maximum atomic E-state index is 13.6. The topological polar surface area (TPSA) is 20.2 Å². The van der Waals surface area contributed by atoms with Gasteiger partial charge in [0.15, 0.2) is 0 Å². The lowest BCUT2D eigenvalue weighted by Gasteiger charge is -2.41. The van der Waals surface area contributed by atoms with Crippen LogP contribution in [0.4, 0.5) is 4.39 Å². The monoisotopic (exact) mass is 272 g/mol.